The van der Waals surface area contributed by atoms with Crippen LogP contribution in [-0.4, -0.2) is 32.0 Å². The smallest absolute Gasteiger partial charge is 0.251 e. The van der Waals surface area contributed by atoms with Crippen molar-refractivity contribution in [3.63, 3.8) is 0 Å². The minimum atomic E-state index is -0.204. The van der Waals surface area contributed by atoms with Crippen LogP contribution in [-0.2, 0) is 11.2 Å². The third kappa shape index (κ3) is 6.09. The summed E-state index contributed by atoms with van der Waals surface area (Å²) < 4.78 is 5.09. The van der Waals surface area contributed by atoms with E-state index in [1.807, 2.05) is 24.3 Å². The van der Waals surface area contributed by atoms with Crippen molar-refractivity contribution in [1.82, 2.24) is 10.6 Å². The summed E-state index contributed by atoms with van der Waals surface area (Å²) in [5, 5.41) is 5.50. The Morgan fingerprint density at radius 3 is 2.46 bits per heavy atom. The molecule has 136 valence electrons. The molecule has 0 saturated heterocycles. The number of carbonyl (C=O) groups excluding carboxylic acids is 2. The third-order valence-electron chi connectivity index (χ3n) is 3.86. The summed E-state index contributed by atoms with van der Waals surface area (Å²) in [5.41, 5.74) is 2.76. The van der Waals surface area contributed by atoms with Gasteiger partial charge in [0.1, 0.15) is 5.75 Å². The fraction of sp³-hybridized carbons (Fsp3) is 0.238. The van der Waals surface area contributed by atoms with Gasteiger partial charge < -0.3 is 15.4 Å². The van der Waals surface area contributed by atoms with Crippen LogP contribution < -0.4 is 15.4 Å². The monoisotopic (exact) mass is 352 g/mol. The quantitative estimate of drug-likeness (QED) is 0.567. The largest absolute Gasteiger partial charge is 0.497 e. The van der Waals surface area contributed by atoms with Crippen LogP contribution in [0.15, 0.2) is 54.6 Å². The van der Waals surface area contributed by atoms with Gasteiger partial charge in [0.2, 0.25) is 5.91 Å². The predicted octanol–water partition coefficient (Wildman–Crippen LogP) is 2.82. The van der Waals surface area contributed by atoms with Gasteiger partial charge in [0, 0.05) is 24.7 Å². The van der Waals surface area contributed by atoms with E-state index in [1.54, 1.807) is 37.5 Å². The van der Waals surface area contributed by atoms with E-state index >= 15 is 0 Å². The van der Waals surface area contributed by atoms with Crippen molar-refractivity contribution in [2.75, 3.05) is 20.2 Å². The predicted molar refractivity (Wildman–Crippen MR) is 103 cm³/mol. The first-order valence-electron chi connectivity index (χ1n) is 8.59. The minimum absolute atomic E-state index is 0.194. The van der Waals surface area contributed by atoms with Gasteiger partial charge in [-0.25, -0.2) is 0 Å². The molecule has 0 aliphatic rings. The second-order valence-electron chi connectivity index (χ2n) is 5.71. The van der Waals surface area contributed by atoms with E-state index in [4.69, 9.17) is 4.74 Å². The van der Waals surface area contributed by atoms with Gasteiger partial charge in [0.05, 0.1) is 7.11 Å². The average Bonchev–Trinajstić information content (AvgIpc) is 2.69. The molecule has 5 heteroatoms. The Labute approximate surface area is 154 Å². The first kappa shape index (κ1) is 19.2. The number of ether oxygens (including phenoxy) is 1. The molecule has 0 atom stereocenters. The maximum absolute atomic E-state index is 12.0. The van der Waals surface area contributed by atoms with Gasteiger partial charge in [-0.1, -0.05) is 37.3 Å². The zero-order valence-corrected chi connectivity index (χ0v) is 15.1. The van der Waals surface area contributed by atoms with Gasteiger partial charge in [-0.15, -0.1) is 0 Å². The van der Waals surface area contributed by atoms with Gasteiger partial charge in [-0.2, -0.15) is 0 Å². The summed E-state index contributed by atoms with van der Waals surface area (Å²) in [7, 11) is 1.55. The van der Waals surface area contributed by atoms with E-state index in [2.05, 4.69) is 17.6 Å². The first-order chi connectivity index (χ1) is 12.6. The second kappa shape index (κ2) is 10.0. The van der Waals surface area contributed by atoms with Gasteiger partial charge in [0.25, 0.3) is 5.91 Å². The van der Waals surface area contributed by atoms with E-state index in [1.165, 1.54) is 11.6 Å². The highest BCUT2D eigenvalue weighted by Crippen LogP contribution is 2.12. The van der Waals surface area contributed by atoms with Gasteiger partial charge >= 0.3 is 0 Å². The summed E-state index contributed by atoms with van der Waals surface area (Å²) in [6, 6.07) is 15.0. The lowest BCUT2D eigenvalue weighted by Gasteiger charge is -2.07. The molecule has 26 heavy (non-hydrogen) atoms. The molecule has 0 aliphatic heterocycles. The van der Waals surface area contributed by atoms with Crippen molar-refractivity contribution >= 4 is 17.9 Å². The zero-order chi connectivity index (χ0) is 18.8. The molecule has 0 aromatic heterocycles. The third-order valence-corrected chi connectivity index (χ3v) is 3.86. The highest BCUT2D eigenvalue weighted by molar-refractivity contribution is 5.94. The molecule has 0 heterocycles. The van der Waals surface area contributed by atoms with Crippen LogP contribution in [0.2, 0.25) is 0 Å². The average molecular weight is 352 g/mol. The molecule has 0 saturated carbocycles. The van der Waals surface area contributed by atoms with Crippen molar-refractivity contribution in [3.05, 3.63) is 71.3 Å². The number of carbonyl (C=O) groups is 2. The molecule has 0 radical (unpaired) electrons. The van der Waals surface area contributed by atoms with Gasteiger partial charge in [-0.3, -0.25) is 9.59 Å². The van der Waals surface area contributed by atoms with Crippen LogP contribution in [0.25, 0.3) is 6.08 Å². The van der Waals surface area contributed by atoms with Crippen molar-refractivity contribution in [3.8, 4) is 5.75 Å². The molecule has 0 unspecified atom stereocenters. The van der Waals surface area contributed by atoms with Crippen LogP contribution in [0.3, 0.4) is 0 Å². The van der Waals surface area contributed by atoms with Crippen molar-refractivity contribution in [1.29, 1.82) is 0 Å². The standard InChI is InChI=1S/C21H24N2O3/c1-3-16-7-9-17(10-8-16)11-12-20(24)22-13-14-23-21(25)18-5-4-6-19(15-18)26-2/h4-12,15H,3,13-14H2,1-2H3,(H,22,24)(H,23,25). The van der Waals surface area contributed by atoms with Crippen LogP contribution in [0, 0.1) is 0 Å². The van der Waals surface area contributed by atoms with Crippen molar-refractivity contribution < 1.29 is 14.3 Å². The molecular formula is C21H24N2O3. The summed E-state index contributed by atoms with van der Waals surface area (Å²) >= 11 is 0. The normalized spacial score (nSPS) is 10.5. The summed E-state index contributed by atoms with van der Waals surface area (Å²) in [4.78, 5) is 23.8. The van der Waals surface area contributed by atoms with Gasteiger partial charge in [-0.05, 0) is 41.8 Å². The molecular weight excluding hydrogens is 328 g/mol. The van der Waals surface area contributed by atoms with Crippen LogP contribution in [0.1, 0.15) is 28.4 Å². The number of aryl methyl sites for hydroxylation is 1. The Bertz CT molecular complexity index is 767. The van der Waals surface area contributed by atoms with E-state index in [9.17, 15) is 9.59 Å². The minimum Gasteiger partial charge on any atom is -0.497 e. The number of methoxy groups -OCH3 is 1. The molecule has 5 nitrogen and oxygen atoms in total. The summed E-state index contributed by atoms with van der Waals surface area (Å²) in [5.74, 6) is 0.230. The Morgan fingerprint density at radius 1 is 1.04 bits per heavy atom. The first-order valence-corrected chi connectivity index (χ1v) is 8.59. The molecule has 0 bridgehead atoms. The molecule has 2 rings (SSSR count). The Balaban J connectivity index is 1.72. The molecule has 2 N–H and O–H groups in total. The van der Waals surface area contributed by atoms with Crippen LogP contribution in [0.5, 0.6) is 5.75 Å². The zero-order valence-electron chi connectivity index (χ0n) is 15.1. The number of nitrogens with one attached hydrogen (secondary N) is 2. The number of hydrogen-bond acceptors (Lipinski definition) is 3. The second-order valence-corrected chi connectivity index (χ2v) is 5.71. The Hall–Kier alpha value is -3.08. The highest BCUT2D eigenvalue weighted by Gasteiger charge is 2.05. The number of amides is 2. The van der Waals surface area contributed by atoms with E-state index in [0.717, 1.165) is 12.0 Å². The lowest BCUT2D eigenvalue weighted by atomic mass is 10.1. The maximum Gasteiger partial charge on any atom is 0.251 e. The van der Waals surface area contributed by atoms with E-state index in [0.29, 0.717) is 24.4 Å². The topological polar surface area (TPSA) is 67.4 Å². The van der Waals surface area contributed by atoms with E-state index in [-0.39, 0.29) is 11.8 Å². The van der Waals surface area contributed by atoms with Crippen LogP contribution >= 0.6 is 0 Å². The van der Waals surface area contributed by atoms with Crippen molar-refractivity contribution in [2.45, 2.75) is 13.3 Å². The van der Waals surface area contributed by atoms with Gasteiger partial charge in [0.15, 0.2) is 0 Å². The molecule has 0 fully saturated rings. The lowest BCUT2D eigenvalue weighted by Crippen LogP contribution is -2.33. The van der Waals surface area contributed by atoms with E-state index < -0.39 is 0 Å². The number of hydrogen-bond donors (Lipinski definition) is 2. The fourth-order valence-corrected chi connectivity index (χ4v) is 2.32. The Morgan fingerprint density at radius 2 is 1.77 bits per heavy atom. The molecule has 0 spiro atoms. The Kier molecular flexibility index (Phi) is 7.43. The summed E-state index contributed by atoms with van der Waals surface area (Å²) in [6.07, 6.45) is 4.25. The maximum atomic E-state index is 12.0. The number of benzene rings is 2. The SMILES string of the molecule is CCc1ccc(C=CC(=O)NCCNC(=O)c2cccc(OC)c2)cc1. The highest BCUT2D eigenvalue weighted by atomic mass is 16.5. The van der Waals surface area contributed by atoms with Crippen LogP contribution in [0.4, 0.5) is 0 Å². The lowest BCUT2D eigenvalue weighted by molar-refractivity contribution is -0.116. The molecule has 2 amide bonds. The molecule has 2 aromatic rings. The number of rotatable bonds is 8. The molecule has 0 aliphatic carbocycles. The fourth-order valence-electron chi connectivity index (χ4n) is 2.32. The molecule has 2 aromatic carbocycles. The van der Waals surface area contributed by atoms with Crippen molar-refractivity contribution in [2.24, 2.45) is 0 Å². The summed E-state index contributed by atoms with van der Waals surface area (Å²) in [6.45, 7) is 2.81.